The second kappa shape index (κ2) is 21.4. The standard InChI is InChI=1S/3C16H19FN4O/c3*1-16(22,12-2-4-14(17)5-3-12)13-10-19-15(20-11-13)21-8-6-18-7-9-21/h3*2-5,10-11,18,22H,6-9H2,1H3/t2*16-;/m10./s1. The molecule has 6 heterocycles. The summed E-state index contributed by atoms with van der Waals surface area (Å²) >= 11 is 0. The molecule has 0 amide bonds. The van der Waals surface area contributed by atoms with Gasteiger partial charge in [-0.25, -0.2) is 43.1 Å². The van der Waals surface area contributed by atoms with Crippen LogP contribution in [-0.4, -0.2) is 124 Å². The minimum absolute atomic E-state index is 0.329. The SMILES string of the molecule is CC(O)(c1ccc(F)cc1)c1cnc(N2CCNCC2)nc1.C[C@@](O)(c1ccc(F)cc1)c1cnc(N2CCNCC2)nc1.C[C@](O)(c1ccc(F)cc1)c1cnc(N2CCNCC2)nc1. The first-order chi connectivity index (χ1) is 31.7. The zero-order chi connectivity index (χ0) is 46.7. The van der Waals surface area contributed by atoms with Gasteiger partial charge in [0, 0.05) is 132 Å². The first-order valence-corrected chi connectivity index (χ1v) is 22.0. The molecule has 3 fully saturated rings. The number of rotatable bonds is 9. The molecule has 0 spiro atoms. The molecule has 0 radical (unpaired) electrons. The average molecular weight is 907 g/mol. The van der Waals surface area contributed by atoms with Crippen molar-refractivity contribution in [3.05, 3.63) is 161 Å². The maximum absolute atomic E-state index is 13.0. The van der Waals surface area contributed by atoms with Crippen LogP contribution in [0.1, 0.15) is 54.2 Å². The van der Waals surface area contributed by atoms with E-state index in [1.807, 2.05) is 0 Å². The molecule has 6 N–H and O–H groups in total. The Labute approximate surface area is 382 Å². The molecule has 1 unspecified atom stereocenters. The summed E-state index contributed by atoms with van der Waals surface area (Å²) < 4.78 is 39.1. The van der Waals surface area contributed by atoms with Crippen molar-refractivity contribution >= 4 is 17.8 Å². The van der Waals surface area contributed by atoms with Gasteiger partial charge >= 0.3 is 0 Å². The van der Waals surface area contributed by atoms with Gasteiger partial charge in [0.05, 0.1) is 0 Å². The number of aromatic nitrogens is 6. The molecule has 66 heavy (non-hydrogen) atoms. The van der Waals surface area contributed by atoms with Gasteiger partial charge < -0.3 is 46.0 Å². The molecular weight excluding hydrogens is 850 g/mol. The van der Waals surface area contributed by atoms with E-state index in [1.54, 1.807) is 94.4 Å². The van der Waals surface area contributed by atoms with Gasteiger partial charge in [0.25, 0.3) is 0 Å². The van der Waals surface area contributed by atoms with Crippen LogP contribution in [-0.2, 0) is 16.8 Å². The molecule has 0 aliphatic carbocycles. The Kier molecular flexibility index (Phi) is 15.5. The van der Waals surface area contributed by atoms with Gasteiger partial charge in [-0.05, 0) is 73.9 Å². The molecule has 0 saturated carbocycles. The summed E-state index contributed by atoms with van der Waals surface area (Å²) in [7, 11) is 0. The van der Waals surface area contributed by atoms with Crippen LogP contribution in [0.5, 0.6) is 0 Å². The first-order valence-electron chi connectivity index (χ1n) is 22.0. The molecule has 3 aliphatic heterocycles. The predicted octanol–water partition coefficient (Wildman–Crippen LogP) is 3.84. The topological polar surface area (TPSA) is 184 Å². The monoisotopic (exact) mass is 906 g/mol. The number of halogens is 3. The van der Waals surface area contributed by atoms with E-state index in [0.29, 0.717) is 51.2 Å². The number of piperazine rings is 3. The first kappa shape index (κ1) is 47.8. The Morgan fingerprint density at radius 1 is 0.364 bits per heavy atom. The maximum Gasteiger partial charge on any atom is 0.225 e. The molecule has 3 atom stereocenters. The molecular formula is C48H57F3N12O3. The molecule has 9 rings (SSSR count). The number of benzene rings is 3. The van der Waals surface area contributed by atoms with Crippen molar-refractivity contribution in [1.82, 2.24) is 45.9 Å². The third-order valence-corrected chi connectivity index (χ3v) is 12.0. The van der Waals surface area contributed by atoms with E-state index in [2.05, 4.69) is 60.6 Å². The summed E-state index contributed by atoms with van der Waals surface area (Å²) in [6.45, 7) is 15.7. The zero-order valence-electron chi connectivity index (χ0n) is 37.4. The highest BCUT2D eigenvalue weighted by molar-refractivity contribution is 5.40. The Hall–Kier alpha value is -6.15. The lowest BCUT2D eigenvalue weighted by Gasteiger charge is -2.28. The summed E-state index contributed by atoms with van der Waals surface area (Å²) in [4.78, 5) is 32.5. The molecule has 18 heteroatoms. The molecule has 15 nitrogen and oxygen atoms in total. The van der Waals surface area contributed by atoms with E-state index in [9.17, 15) is 28.5 Å². The highest BCUT2D eigenvalue weighted by Crippen LogP contribution is 2.31. The summed E-state index contributed by atoms with van der Waals surface area (Å²) in [6, 6.07) is 17.4. The van der Waals surface area contributed by atoms with Crippen LogP contribution < -0.4 is 30.7 Å². The molecule has 3 aromatic heterocycles. The largest absolute Gasteiger partial charge is 0.381 e. The number of anilines is 3. The molecule has 3 aliphatic rings. The van der Waals surface area contributed by atoms with Crippen molar-refractivity contribution in [3.8, 4) is 0 Å². The van der Waals surface area contributed by atoms with Crippen molar-refractivity contribution in [2.45, 2.75) is 37.6 Å². The Bertz CT molecular complexity index is 2140. The fraction of sp³-hybridized carbons (Fsp3) is 0.375. The van der Waals surface area contributed by atoms with E-state index in [4.69, 9.17) is 0 Å². The lowest BCUT2D eigenvalue weighted by Crippen LogP contribution is -2.44. The second-order valence-corrected chi connectivity index (χ2v) is 16.8. The lowest BCUT2D eigenvalue weighted by atomic mass is 9.90. The van der Waals surface area contributed by atoms with Gasteiger partial charge in [-0.3, -0.25) is 0 Å². The smallest absolute Gasteiger partial charge is 0.225 e. The molecule has 3 aromatic carbocycles. The third-order valence-electron chi connectivity index (χ3n) is 12.0. The van der Waals surface area contributed by atoms with E-state index in [0.717, 1.165) is 78.5 Å². The zero-order valence-corrected chi connectivity index (χ0v) is 37.4. The second-order valence-electron chi connectivity index (χ2n) is 16.8. The summed E-state index contributed by atoms with van der Waals surface area (Å²) in [5.74, 6) is 1.01. The van der Waals surface area contributed by atoms with Gasteiger partial charge in [0.2, 0.25) is 17.8 Å². The van der Waals surface area contributed by atoms with Crippen LogP contribution in [0.25, 0.3) is 0 Å². The number of hydrogen-bond donors (Lipinski definition) is 6. The van der Waals surface area contributed by atoms with E-state index in [1.165, 1.54) is 36.4 Å². The number of nitrogens with one attached hydrogen (secondary N) is 3. The number of nitrogens with zero attached hydrogens (tertiary/aromatic N) is 9. The minimum atomic E-state index is -1.25. The Morgan fingerprint density at radius 2 is 0.561 bits per heavy atom. The average Bonchev–Trinajstić information content (AvgIpc) is 3.36. The highest BCUT2D eigenvalue weighted by atomic mass is 19.1. The van der Waals surface area contributed by atoms with Gasteiger partial charge in [-0.2, -0.15) is 0 Å². The van der Waals surface area contributed by atoms with Crippen LogP contribution in [0.15, 0.2) is 110 Å². The maximum atomic E-state index is 13.0. The van der Waals surface area contributed by atoms with Crippen LogP contribution in [0.2, 0.25) is 0 Å². The van der Waals surface area contributed by atoms with Crippen molar-refractivity contribution in [2.75, 3.05) is 93.2 Å². The Balaban J connectivity index is 0.000000147. The number of aliphatic hydroxyl groups is 3. The molecule has 0 bridgehead atoms. The quantitative estimate of drug-likeness (QED) is 0.123. The molecule has 348 valence electrons. The molecule has 3 saturated heterocycles. The van der Waals surface area contributed by atoms with Crippen molar-refractivity contribution in [1.29, 1.82) is 0 Å². The number of hydrogen-bond acceptors (Lipinski definition) is 15. The Morgan fingerprint density at radius 3 is 0.758 bits per heavy atom. The fourth-order valence-corrected chi connectivity index (χ4v) is 7.63. The van der Waals surface area contributed by atoms with Crippen molar-refractivity contribution in [2.24, 2.45) is 0 Å². The van der Waals surface area contributed by atoms with Gasteiger partial charge in [-0.15, -0.1) is 0 Å². The fourth-order valence-electron chi connectivity index (χ4n) is 7.63. The van der Waals surface area contributed by atoms with Gasteiger partial charge in [0.1, 0.15) is 34.3 Å². The van der Waals surface area contributed by atoms with Crippen molar-refractivity contribution < 1.29 is 28.5 Å². The lowest BCUT2D eigenvalue weighted by molar-refractivity contribution is 0.101. The van der Waals surface area contributed by atoms with Crippen LogP contribution in [0, 0.1) is 17.5 Å². The molecule has 6 aromatic rings. The summed E-state index contributed by atoms with van der Waals surface area (Å²) in [5, 5.41) is 42.0. The van der Waals surface area contributed by atoms with Gasteiger partial charge in [-0.1, -0.05) is 36.4 Å². The van der Waals surface area contributed by atoms with E-state index in [-0.39, 0.29) is 17.5 Å². The van der Waals surface area contributed by atoms with Crippen LogP contribution in [0.3, 0.4) is 0 Å². The summed E-state index contributed by atoms with van der Waals surface area (Å²) in [5.41, 5.74) is -0.206. The summed E-state index contributed by atoms with van der Waals surface area (Å²) in [6.07, 6.45) is 9.80. The van der Waals surface area contributed by atoms with E-state index < -0.39 is 16.8 Å². The third kappa shape index (κ3) is 11.8. The normalized spacial score (nSPS) is 18.0. The van der Waals surface area contributed by atoms with E-state index >= 15 is 0 Å². The predicted molar refractivity (Wildman–Crippen MR) is 247 cm³/mol. The highest BCUT2D eigenvalue weighted by Gasteiger charge is 2.30. The van der Waals surface area contributed by atoms with Crippen molar-refractivity contribution in [3.63, 3.8) is 0 Å². The van der Waals surface area contributed by atoms with Crippen LogP contribution in [0.4, 0.5) is 31.0 Å². The van der Waals surface area contributed by atoms with Crippen LogP contribution >= 0.6 is 0 Å². The minimum Gasteiger partial charge on any atom is -0.381 e. The van der Waals surface area contributed by atoms with Gasteiger partial charge in [0.15, 0.2) is 0 Å².